The number of piperidine rings is 1. The Morgan fingerprint density at radius 3 is 2.78 bits per heavy atom. The Hall–Kier alpha value is -2.77. The summed E-state index contributed by atoms with van der Waals surface area (Å²) in [5.41, 5.74) is 15.1. The molecule has 8 heteroatoms. The van der Waals surface area contributed by atoms with Crippen LogP contribution < -0.4 is 16.4 Å². The number of nitrogen functional groups attached to an aromatic ring is 1. The molecular weight excluding hydrogens is 427 g/mol. The summed E-state index contributed by atoms with van der Waals surface area (Å²) in [6, 6.07) is 8.90. The van der Waals surface area contributed by atoms with Gasteiger partial charge < -0.3 is 16.4 Å². The summed E-state index contributed by atoms with van der Waals surface area (Å²) in [5.74, 6) is 1.73. The van der Waals surface area contributed by atoms with Gasteiger partial charge in [0.25, 0.3) is 0 Å². The molecule has 0 spiro atoms. The van der Waals surface area contributed by atoms with E-state index in [0.29, 0.717) is 35.6 Å². The van der Waals surface area contributed by atoms with Crippen LogP contribution in [-0.2, 0) is 11.8 Å². The van der Waals surface area contributed by atoms with Gasteiger partial charge in [-0.25, -0.2) is 14.4 Å². The summed E-state index contributed by atoms with van der Waals surface area (Å²) in [6.07, 6.45) is 4.97. The Morgan fingerprint density at radius 1 is 1.22 bits per heavy atom. The lowest BCUT2D eigenvalue weighted by atomic mass is 9.91. The molecule has 3 atom stereocenters. The molecule has 0 unspecified atom stereocenters. The molecule has 2 fully saturated rings. The van der Waals surface area contributed by atoms with Crippen LogP contribution in [0.1, 0.15) is 28.9 Å². The summed E-state index contributed by atoms with van der Waals surface area (Å²) in [7, 11) is 0. The molecule has 2 aromatic heterocycles. The van der Waals surface area contributed by atoms with Crippen LogP contribution in [0, 0.1) is 24.6 Å². The number of aromatic nitrogens is 3. The third-order valence-corrected chi connectivity index (χ3v) is 7.69. The Labute approximate surface area is 191 Å². The minimum atomic E-state index is -0.277. The number of aryl methyl sites for hydroxylation is 1. The first-order valence-corrected chi connectivity index (χ1v) is 11.2. The first kappa shape index (κ1) is 21.1. The molecule has 0 radical (unpaired) electrons. The number of benzene rings is 1. The quantitative estimate of drug-likeness (QED) is 0.615. The standard InChI is InChI=1S/C24H26ClFN6/c1-14-20(10-15-6-8-29-23(28)22(15)25)30-11-21(31-14)32-9-7-16-18(12-32)24(16,13-27)17-4-2-3-5-19(17)26/h2-6,8,11,16,18H,7,9-10,12-13,27H2,1H3,(H2,28,29)/t16-,18+,24-/m1/s1. The molecule has 166 valence electrons. The molecule has 1 saturated carbocycles. The molecule has 4 N–H and O–H groups in total. The molecule has 1 saturated heterocycles. The van der Waals surface area contributed by atoms with Gasteiger partial charge in [-0.2, -0.15) is 0 Å². The van der Waals surface area contributed by atoms with Crippen LogP contribution in [0.2, 0.25) is 5.02 Å². The average Bonchev–Trinajstić information content (AvgIpc) is 3.46. The third-order valence-electron chi connectivity index (χ3n) is 7.25. The van der Waals surface area contributed by atoms with Crippen molar-refractivity contribution in [3.8, 4) is 0 Å². The third kappa shape index (κ3) is 3.31. The van der Waals surface area contributed by atoms with Gasteiger partial charge in [0.2, 0.25) is 0 Å². The van der Waals surface area contributed by atoms with Gasteiger partial charge in [0, 0.05) is 37.7 Å². The first-order valence-electron chi connectivity index (χ1n) is 10.9. The highest BCUT2D eigenvalue weighted by Crippen LogP contribution is 2.63. The van der Waals surface area contributed by atoms with Crippen LogP contribution in [0.5, 0.6) is 0 Å². The van der Waals surface area contributed by atoms with Crippen molar-refractivity contribution in [3.63, 3.8) is 0 Å². The molecule has 6 nitrogen and oxygen atoms in total. The molecule has 32 heavy (non-hydrogen) atoms. The molecule has 3 aromatic rings. The Morgan fingerprint density at radius 2 is 2.03 bits per heavy atom. The average molecular weight is 453 g/mol. The molecule has 1 aromatic carbocycles. The van der Waals surface area contributed by atoms with E-state index in [9.17, 15) is 4.39 Å². The fourth-order valence-electron chi connectivity index (χ4n) is 5.48. The smallest absolute Gasteiger partial charge is 0.147 e. The largest absolute Gasteiger partial charge is 0.382 e. The molecule has 1 aliphatic carbocycles. The van der Waals surface area contributed by atoms with Gasteiger partial charge >= 0.3 is 0 Å². The van der Waals surface area contributed by atoms with Crippen LogP contribution in [0.25, 0.3) is 0 Å². The van der Waals surface area contributed by atoms with Crippen molar-refractivity contribution < 1.29 is 4.39 Å². The summed E-state index contributed by atoms with van der Waals surface area (Å²) in [6.45, 7) is 4.07. The molecule has 1 aliphatic heterocycles. The Kier molecular flexibility index (Phi) is 5.26. The number of nitrogens with zero attached hydrogens (tertiary/aromatic N) is 4. The number of anilines is 2. The minimum Gasteiger partial charge on any atom is -0.382 e. The number of hydrogen-bond donors (Lipinski definition) is 2. The highest BCUT2D eigenvalue weighted by Gasteiger charge is 2.66. The normalized spacial score (nSPS) is 24.3. The molecule has 5 rings (SSSR count). The summed E-state index contributed by atoms with van der Waals surface area (Å²) < 4.78 is 14.6. The van der Waals surface area contributed by atoms with Gasteiger partial charge in [0.1, 0.15) is 17.5 Å². The summed E-state index contributed by atoms with van der Waals surface area (Å²) >= 11 is 6.29. The van der Waals surface area contributed by atoms with E-state index in [4.69, 9.17) is 28.1 Å². The number of rotatable bonds is 5. The second-order valence-corrected chi connectivity index (χ2v) is 9.16. The lowest BCUT2D eigenvalue weighted by Crippen LogP contribution is -2.33. The van der Waals surface area contributed by atoms with Gasteiger partial charge in [-0.15, -0.1) is 0 Å². The van der Waals surface area contributed by atoms with Crippen LogP contribution in [0.4, 0.5) is 16.0 Å². The monoisotopic (exact) mass is 452 g/mol. The number of nitrogens with two attached hydrogens (primary N) is 2. The van der Waals surface area contributed by atoms with E-state index in [1.54, 1.807) is 12.3 Å². The van der Waals surface area contributed by atoms with Crippen LogP contribution in [0.15, 0.2) is 42.7 Å². The van der Waals surface area contributed by atoms with Crippen molar-refractivity contribution in [1.82, 2.24) is 15.0 Å². The fraction of sp³-hybridized carbons (Fsp3) is 0.375. The Bertz CT molecular complexity index is 1170. The van der Waals surface area contributed by atoms with E-state index in [-0.39, 0.29) is 11.2 Å². The van der Waals surface area contributed by atoms with E-state index in [2.05, 4.69) is 14.9 Å². The molecule has 2 aliphatic rings. The topological polar surface area (TPSA) is 94.0 Å². The zero-order chi connectivity index (χ0) is 22.5. The summed E-state index contributed by atoms with van der Waals surface area (Å²) in [4.78, 5) is 15.8. The van der Waals surface area contributed by atoms with Gasteiger partial charge in [0.05, 0.1) is 22.6 Å². The first-order chi connectivity index (χ1) is 15.5. The lowest BCUT2D eigenvalue weighted by molar-refractivity contribution is 0.533. The number of halogens is 2. The van der Waals surface area contributed by atoms with Crippen molar-refractivity contribution in [2.24, 2.45) is 17.6 Å². The van der Waals surface area contributed by atoms with E-state index < -0.39 is 0 Å². The van der Waals surface area contributed by atoms with E-state index in [0.717, 1.165) is 47.8 Å². The van der Waals surface area contributed by atoms with Crippen molar-refractivity contribution in [2.45, 2.75) is 25.2 Å². The zero-order valence-electron chi connectivity index (χ0n) is 17.9. The maximum Gasteiger partial charge on any atom is 0.147 e. The number of hydrogen-bond acceptors (Lipinski definition) is 6. The molecule has 3 heterocycles. The maximum absolute atomic E-state index is 14.6. The van der Waals surface area contributed by atoms with Crippen molar-refractivity contribution in [1.29, 1.82) is 0 Å². The van der Waals surface area contributed by atoms with Gasteiger partial charge in [-0.1, -0.05) is 29.8 Å². The lowest BCUT2D eigenvalue weighted by Gasteiger charge is -2.27. The van der Waals surface area contributed by atoms with Crippen LogP contribution in [0.3, 0.4) is 0 Å². The van der Waals surface area contributed by atoms with E-state index in [1.807, 2.05) is 31.3 Å². The minimum absolute atomic E-state index is 0.158. The van der Waals surface area contributed by atoms with Gasteiger partial charge in [-0.3, -0.25) is 4.98 Å². The van der Waals surface area contributed by atoms with Crippen molar-refractivity contribution in [2.75, 3.05) is 30.3 Å². The van der Waals surface area contributed by atoms with Crippen molar-refractivity contribution in [3.05, 3.63) is 76.1 Å². The summed E-state index contributed by atoms with van der Waals surface area (Å²) in [5, 5.41) is 0.458. The molecule has 0 bridgehead atoms. The Balaban J connectivity index is 1.35. The SMILES string of the molecule is Cc1nc(N2CC[C@@H]3[C@H](C2)[C@@]3(CN)c2ccccc2F)cnc1Cc1ccnc(N)c1Cl. The molecular formula is C24H26ClFN6. The highest BCUT2D eigenvalue weighted by atomic mass is 35.5. The van der Waals surface area contributed by atoms with Gasteiger partial charge in [-0.05, 0) is 48.4 Å². The number of pyridine rings is 1. The second-order valence-electron chi connectivity index (χ2n) is 8.78. The predicted molar refractivity (Wildman–Crippen MR) is 124 cm³/mol. The predicted octanol–water partition coefficient (Wildman–Crippen LogP) is 3.50. The van der Waals surface area contributed by atoms with E-state index in [1.165, 1.54) is 6.07 Å². The maximum atomic E-state index is 14.6. The molecule has 0 amide bonds. The van der Waals surface area contributed by atoms with Crippen LogP contribution >= 0.6 is 11.6 Å². The van der Waals surface area contributed by atoms with E-state index >= 15 is 0 Å². The second kappa shape index (κ2) is 7.98. The van der Waals surface area contributed by atoms with Crippen molar-refractivity contribution >= 4 is 23.2 Å². The van der Waals surface area contributed by atoms with Gasteiger partial charge in [0.15, 0.2) is 0 Å². The number of fused-ring (bicyclic) bond motifs is 1. The zero-order valence-corrected chi connectivity index (χ0v) is 18.7. The fourth-order valence-corrected chi connectivity index (χ4v) is 5.65. The van der Waals surface area contributed by atoms with Crippen LogP contribution in [-0.4, -0.2) is 34.6 Å². The highest BCUT2D eigenvalue weighted by molar-refractivity contribution is 6.33.